The Morgan fingerprint density at radius 1 is 1.02 bits per heavy atom. The predicted molar refractivity (Wildman–Crippen MR) is 157 cm³/mol. The van der Waals surface area contributed by atoms with Gasteiger partial charge in [0.25, 0.3) is 0 Å². The third kappa shape index (κ3) is 7.11. The summed E-state index contributed by atoms with van der Waals surface area (Å²) in [5.41, 5.74) is 0.126. The van der Waals surface area contributed by atoms with E-state index >= 15 is 0 Å². The number of halogens is 1. The minimum absolute atomic E-state index is 0.115. The van der Waals surface area contributed by atoms with Gasteiger partial charge in [0.1, 0.15) is 11.9 Å². The maximum absolute atomic E-state index is 14.0. The lowest BCUT2D eigenvalue weighted by molar-refractivity contribution is -0.147. The predicted octanol–water partition coefficient (Wildman–Crippen LogP) is 3.05. The molecular formula is C32H48FN5O3. The van der Waals surface area contributed by atoms with E-state index in [0.717, 1.165) is 50.6 Å². The van der Waals surface area contributed by atoms with Crippen molar-refractivity contribution >= 4 is 17.7 Å². The van der Waals surface area contributed by atoms with Crippen LogP contribution in [0, 0.1) is 17.2 Å². The molecule has 1 aromatic rings. The minimum Gasteiger partial charge on any atom is -0.351 e. The number of piperidine rings is 1. The summed E-state index contributed by atoms with van der Waals surface area (Å²) in [4.78, 5) is 42.9. The van der Waals surface area contributed by atoms with Crippen LogP contribution in [0.3, 0.4) is 0 Å². The largest absolute Gasteiger partial charge is 0.351 e. The Morgan fingerprint density at radius 3 is 2.24 bits per heavy atom. The van der Waals surface area contributed by atoms with Crippen LogP contribution in [0.4, 0.5) is 4.39 Å². The van der Waals surface area contributed by atoms with Crippen molar-refractivity contribution in [3.8, 4) is 0 Å². The second-order valence-electron chi connectivity index (χ2n) is 14.0. The van der Waals surface area contributed by atoms with Crippen molar-refractivity contribution in [3.63, 3.8) is 0 Å². The van der Waals surface area contributed by atoms with Crippen LogP contribution in [0.5, 0.6) is 0 Å². The molecule has 4 fully saturated rings. The van der Waals surface area contributed by atoms with E-state index < -0.39 is 17.5 Å². The van der Waals surface area contributed by atoms with E-state index in [0.29, 0.717) is 38.4 Å². The average Bonchev–Trinajstić information content (AvgIpc) is 3.71. The smallest absolute Gasteiger partial charge is 0.245 e. The van der Waals surface area contributed by atoms with Crippen LogP contribution in [0.25, 0.3) is 0 Å². The lowest BCUT2D eigenvalue weighted by Gasteiger charge is -2.48. The monoisotopic (exact) mass is 569 g/mol. The molecule has 5 rings (SSSR count). The first kappa shape index (κ1) is 30.0. The van der Waals surface area contributed by atoms with Crippen LogP contribution in [0.15, 0.2) is 24.3 Å². The normalized spacial score (nSPS) is 24.9. The molecule has 226 valence electrons. The summed E-state index contributed by atoms with van der Waals surface area (Å²) in [6.45, 7) is 8.28. The van der Waals surface area contributed by atoms with E-state index in [9.17, 15) is 18.8 Å². The molecule has 3 amide bonds. The number of carbonyl (C=O) groups excluding carboxylic acids is 3. The fraction of sp³-hybridized carbons (Fsp3) is 0.719. The van der Waals surface area contributed by atoms with E-state index in [2.05, 4.69) is 21.3 Å². The van der Waals surface area contributed by atoms with Crippen LogP contribution in [-0.2, 0) is 20.8 Å². The molecule has 0 aromatic heterocycles. The molecule has 2 aliphatic carbocycles. The highest BCUT2D eigenvalue weighted by molar-refractivity contribution is 5.91. The van der Waals surface area contributed by atoms with Crippen LogP contribution < -0.4 is 21.3 Å². The van der Waals surface area contributed by atoms with Crippen LogP contribution in [0.1, 0.15) is 84.1 Å². The summed E-state index contributed by atoms with van der Waals surface area (Å²) in [5.74, 6) is -0.240. The van der Waals surface area contributed by atoms with Gasteiger partial charge in [0.15, 0.2) is 0 Å². The van der Waals surface area contributed by atoms with Crippen LogP contribution in [-0.4, -0.2) is 72.0 Å². The SMILES string of the molecule is CC(C)(C)NC(=O)C1(C2CCCCC2)CCN(C(=O)[C@@H](Cc2ccc(F)cc2)NC(=O)[C@@H]2CNC3(CC3)CN2)CC1. The van der Waals surface area contributed by atoms with E-state index in [1.165, 1.54) is 18.6 Å². The third-order valence-corrected chi connectivity index (χ3v) is 9.80. The lowest BCUT2D eigenvalue weighted by atomic mass is 9.63. The van der Waals surface area contributed by atoms with Crippen molar-refractivity contribution in [1.29, 1.82) is 0 Å². The van der Waals surface area contributed by atoms with Crippen molar-refractivity contribution in [1.82, 2.24) is 26.2 Å². The number of benzene rings is 1. The molecule has 2 aliphatic heterocycles. The Labute approximate surface area is 244 Å². The number of likely N-dealkylation sites (tertiary alicyclic amines) is 1. The molecule has 2 saturated heterocycles. The number of hydrogen-bond acceptors (Lipinski definition) is 5. The highest BCUT2D eigenvalue weighted by atomic mass is 19.1. The topological polar surface area (TPSA) is 103 Å². The Balaban J connectivity index is 1.29. The Morgan fingerprint density at radius 2 is 1.68 bits per heavy atom. The quantitative estimate of drug-likeness (QED) is 0.404. The van der Waals surface area contributed by atoms with E-state index in [-0.39, 0.29) is 41.0 Å². The highest BCUT2D eigenvalue weighted by Crippen LogP contribution is 2.46. The number of rotatable bonds is 7. The molecule has 2 heterocycles. The summed E-state index contributed by atoms with van der Waals surface area (Å²) >= 11 is 0. The van der Waals surface area contributed by atoms with Gasteiger partial charge < -0.3 is 26.2 Å². The zero-order valence-corrected chi connectivity index (χ0v) is 25.0. The lowest BCUT2D eigenvalue weighted by Crippen LogP contribution is -2.63. The second kappa shape index (κ2) is 12.0. The minimum atomic E-state index is -0.767. The Hall–Kier alpha value is -2.52. The van der Waals surface area contributed by atoms with E-state index in [1.807, 2.05) is 25.7 Å². The number of amides is 3. The first-order valence-electron chi connectivity index (χ1n) is 15.6. The summed E-state index contributed by atoms with van der Waals surface area (Å²) in [6.07, 6.45) is 9.38. The molecule has 4 aliphatic rings. The second-order valence-corrected chi connectivity index (χ2v) is 14.0. The zero-order valence-electron chi connectivity index (χ0n) is 25.0. The zero-order chi connectivity index (χ0) is 29.3. The molecule has 8 nitrogen and oxygen atoms in total. The first-order valence-corrected chi connectivity index (χ1v) is 15.6. The van der Waals surface area contributed by atoms with Crippen LogP contribution >= 0.6 is 0 Å². The van der Waals surface area contributed by atoms with Crippen LogP contribution in [0.2, 0.25) is 0 Å². The number of hydrogen-bond donors (Lipinski definition) is 4. The summed E-state index contributed by atoms with van der Waals surface area (Å²) in [7, 11) is 0. The van der Waals surface area contributed by atoms with Gasteiger partial charge in [-0.1, -0.05) is 31.4 Å². The van der Waals surface area contributed by atoms with Gasteiger partial charge in [-0.25, -0.2) is 4.39 Å². The van der Waals surface area contributed by atoms with Crippen molar-refractivity contribution < 1.29 is 18.8 Å². The third-order valence-electron chi connectivity index (χ3n) is 9.80. The number of nitrogens with one attached hydrogen (secondary N) is 4. The van der Waals surface area contributed by atoms with Crippen molar-refractivity contribution in [2.24, 2.45) is 11.3 Å². The van der Waals surface area contributed by atoms with Crippen molar-refractivity contribution in [3.05, 3.63) is 35.6 Å². The molecule has 1 aromatic carbocycles. The van der Waals surface area contributed by atoms with Gasteiger partial charge in [-0.3, -0.25) is 14.4 Å². The maximum Gasteiger partial charge on any atom is 0.245 e. The number of nitrogens with zero attached hydrogens (tertiary/aromatic N) is 1. The van der Waals surface area contributed by atoms with Crippen molar-refractivity contribution in [2.45, 2.75) is 108 Å². The van der Waals surface area contributed by atoms with E-state index in [1.54, 1.807) is 12.1 Å². The van der Waals surface area contributed by atoms with Gasteiger partial charge in [0.2, 0.25) is 17.7 Å². The van der Waals surface area contributed by atoms with Crippen molar-refractivity contribution in [2.75, 3.05) is 26.2 Å². The summed E-state index contributed by atoms with van der Waals surface area (Å²) in [5, 5.41) is 13.1. The Kier molecular flexibility index (Phi) is 8.76. The van der Waals surface area contributed by atoms with Gasteiger partial charge in [0, 0.05) is 43.7 Å². The van der Waals surface area contributed by atoms with E-state index in [4.69, 9.17) is 0 Å². The molecule has 2 atom stereocenters. The van der Waals surface area contributed by atoms with Gasteiger partial charge in [-0.2, -0.15) is 0 Å². The van der Waals surface area contributed by atoms with Gasteiger partial charge in [-0.05, 0) is 82.9 Å². The molecule has 2 saturated carbocycles. The molecule has 4 N–H and O–H groups in total. The van der Waals surface area contributed by atoms with Gasteiger partial charge >= 0.3 is 0 Å². The van der Waals surface area contributed by atoms with Gasteiger partial charge in [-0.15, -0.1) is 0 Å². The fourth-order valence-electron chi connectivity index (χ4n) is 7.08. The number of piperazine rings is 1. The van der Waals surface area contributed by atoms with Gasteiger partial charge in [0.05, 0.1) is 11.5 Å². The molecule has 1 spiro atoms. The fourth-order valence-corrected chi connectivity index (χ4v) is 7.08. The molecule has 0 bridgehead atoms. The summed E-state index contributed by atoms with van der Waals surface area (Å²) in [6, 6.07) is 4.92. The molecule has 41 heavy (non-hydrogen) atoms. The molecule has 0 unspecified atom stereocenters. The molecule has 0 radical (unpaired) electrons. The summed E-state index contributed by atoms with van der Waals surface area (Å²) < 4.78 is 13.6. The maximum atomic E-state index is 14.0. The molecular weight excluding hydrogens is 521 g/mol. The Bertz CT molecular complexity index is 1090. The molecule has 9 heteroatoms. The average molecular weight is 570 g/mol. The standard InChI is InChI=1S/C32H48FN5O3/c1-30(2,3)37-29(41)32(23-7-5-4-6-8-23)15-17-38(18-16-32)28(40)25(19-22-9-11-24(33)12-10-22)36-27(39)26-20-35-31(13-14-31)21-34-26/h9-12,23,25-26,34-35H,4-8,13-21H2,1-3H3,(H,36,39)(H,37,41)/t25-,26+/m1/s1. The highest BCUT2D eigenvalue weighted by Gasteiger charge is 2.49. The number of carbonyl (C=O) groups is 3. The first-order chi connectivity index (χ1) is 19.5.